The van der Waals surface area contributed by atoms with Crippen molar-refractivity contribution in [2.45, 2.75) is 39.3 Å². The number of carbonyl (C=O) groups is 2. The SMILES string of the molecule is CC(C)(CCc1ccc(C(=O)NCCC(=O)O)s1)COc1ccc(-c2ccc(C(F)(F)F)cc2)cc1. The van der Waals surface area contributed by atoms with Gasteiger partial charge in [-0.2, -0.15) is 13.2 Å². The highest BCUT2D eigenvalue weighted by Gasteiger charge is 2.30. The summed E-state index contributed by atoms with van der Waals surface area (Å²) in [6, 6.07) is 16.0. The molecule has 9 heteroatoms. The summed E-state index contributed by atoms with van der Waals surface area (Å²) < 4.78 is 44.2. The third kappa shape index (κ3) is 8.12. The number of rotatable bonds is 11. The lowest BCUT2D eigenvalue weighted by atomic mass is 9.88. The number of aryl methyl sites for hydroxylation is 1. The fraction of sp³-hybridized carbons (Fsp3) is 0.333. The monoisotopic (exact) mass is 519 g/mol. The van der Waals surface area contributed by atoms with Crippen molar-refractivity contribution in [2.24, 2.45) is 5.41 Å². The first-order chi connectivity index (χ1) is 16.9. The molecule has 0 unspecified atom stereocenters. The highest BCUT2D eigenvalue weighted by molar-refractivity contribution is 7.14. The lowest BCUT2D eigenvalue weighted by Crippen LogP contribution is -2.25. The standard InChI is InChI=1S/C27H28F3NO4S/c1-26(2,15-13-22-11-12-23(36-22)25(34)31-16-14-24(32)33)17-35-21-9-5-19(6-10-21)18-3-7-20(8-4-18)27(28,29)30/h3-12H,13-17H2,1-2H3,(H,31,34)(H,32,33). The molecule has 2 aromatic carbocycles. The number of carboxylic acids is 1. The molecule has 3 rings (SSSR count). The lowest BCUT2D eigenvalue weighted by Gasteiger charge is -2.24. The number of hydrogen-bond acceptors (Lipinski definition) is 4. The van der Waals surface area contributed by atoms with E-state index in [0.717, 1.165) is 35.4 Å². The minimum absolute atomic E-state index is 0.0943. The Morgan fingerprint density at radius 2 is 1.56 bits per heavy atom. The van der Waals surface area contributed by atoms with Crippen LogP contribution in [0.2, 0.25) is 0 Å². The lowest BCUT2D eigenvalue weighted by molar-refractivity contribution is -0.138. The van der Waals surface area contributed by atoms with Crippen LogP contribution in [0.1, 0.15) is 46.8 Å². The zero-order valence-electron chi connectivity index (χ0n) is 20.0. The highest BCUT2D eigenvalue weighted by atomic mass is 32.1. The maximum Gasteiger partial charge on any atom is 0.416 e. The fourth-order valence-electron chi connectivity index (χ4n) is 3.41. The number of carboxylic acid groups (broad SMARTS) is 1. The van der Waals surface area contributed by atoms with Crippen molar-refractivity contribution in [2.75, 3.05) is 13.2 Å². The van der Waals surface area contributed by atoms with Gasteiger partial charge in [0.15, 0.2) is 0 Å². The first kappa shape index (κ1) is 27.3. The molecule has 1 heterocycles. The van der Waals surface area contributed by atoms with Gasteiger partial charge in [0, 0.05) is 11.4 Å². The number of thiophene rings is 1. The van der Waals surface area contributed by atoms with Crippen LogP contribution in [0.25, 0.3) is 11.1 Å². The number of amides is 1. The van der Waals surface area contributed by atoms with E-state index in [0.29, 0.717) is 22.8 Å². The van der Waals surface area contributed by atoms with E-state index < -0.39 is 17.7 Å². The number of hydrogen-bond donors (Lipinski definition) is 2. The zero-order chi connectivity index (χ0) is 26.3. The predicted molar refractivity (Wildman–Crippen MR) is 133 cm³/mol. The van der Waals surface area contributed by atoms with Gasteiger partial charge in [-0.3, -0.25) is 9.59 Å². The molecule has 0 saturated carbocycles. The van der Waals surface area contributed by atoms with Crippen molar-refractivity contribution in [1.29, 1.82) is 0 Å². The summed E-state index contributed by atoms with van der Waals surface area (Å²) in [6.07, 6.45) is -2.86. The van der Waals surface area contributed by atoms with Gasteiger partial charge in [0.25, 0.3) is 5.91 Å². The molecule has 0 spiro atoms. The summed E-state index contributed by atoms with van der Waals surface area (Å²) in [7, 11) is 0. The van der Waals surface area contributed by atoms with Crippen molar-refractivity contribution in [3.05, 3.63) is 76.0 Å². The van der Waals surface area contributed by atoms with Crippen molar-refractivity contribution >= 4 is 23.2 Å². The molecule has 192 valence electrons. The molecule has 2 N–H and O–H groups in total. The second-order valence-electron chi connectivity index (χ2n) is 9.22. The van der Waals surface area contributed by atoms with Gasteiger partial charge in [0.05, 0.1) is 23.5 Å². The Balaban J connectivity index is 1.48. The van der Waals surface area contributed by atoms with Crippen LogP contribution in [0.4, 0.5) is 13.2 Å². The fourth-order valence-corrected chi connectivity index (χ4v) is 4.34. The zero-order valence-corrected chi connectivity index (χ0v) is 20.8. The van der Waals surface area contributed by atoms with E-state index in [-0.39, 0.29) is 24.3 Å². The first-order valence-electron chi connectivity index (χ1n) is 11.4. The maximum atomic E-state index is 12.8. The Morgan fingerprint density at radius 1 is 0.944 bits per heavy atom. The molecule has 0 fully saturated rings. The molecule has 1 amide bonds. The number of alkyl halides is 3. The summed E-state index contributed by atoms with van der Waals surface area (Å²) in [6.45, 7) is 4.75. The molecule has 1 aromatic heterocycles. The molecule has 36 heavy (non-hydrogen) atoms. The molecule has 5 nitrogen and oxygen atoms in total. The average Bonchev–Trinajstić information content (AvgIpc) is 3.31. The third-order valence-electron chi connectivity index (χ3n) is 5.59. The van der Waals surface area contributed by atoms with Gasteiger partial charge < -0.3 is 15.2 Å². The van der Waals surface area contributed by atoms with E-state index in [1.54, 1.807) is 18.2 Å². The van der Waals surface area contributed by atoms with Crippen LogP contribution in [-0.4, -0.2) is 30.1 Å². The molecule has 0 aliphatic heterocycles. The number of ether oxygens (including phenoxy) is 1. The van der Waals surface area contributed by atoms with Crippen LogP contribution in [0.3, 0.4) is 0 Å². The van der Waals surface area contributed by atoms with E-state index in [9.17, 15) is 22.8 Å². The molecule has 0 saturated heterocycles. The van der Waals surface area contributed by atoms with Crippen LogP contribution >= 0.6 is 11.3 Å². The summed E-state index contributed by atoms with van der Waals surface area (Å²) in [5.41, 5.74) is 0.683. The number of carbonyl (C=O) groups excluding carboxylic acids is 1. The maximum absolute atomic E-state index is 12.8. The van der Waals surface area contributed by atoms with Crippen LogP contribution in [0.5, 0.6) is 5.75 Å². The normalized spacial score (nSPS) is 11.8. The molecular formula is C27H28F3NO4S. The van der Waals surface area contributed by atoms with E-state index in [2.05, 4.69) is 19.2 Å². The molecule has 0 aliphatic carbocycles. The Morgan fingerprint density at radius 3 is 2.14 bits per heavy atom. The van der Waals surface area contributed by atoms with Gasteiger partial charge in [-0.15, -0.1) is 11.3 Å². The molecule has 0 bridgehead atoms. The largest absolute Gasteiger partial charge is 0.493 e. The van der Waals surface area contributed by atoms with Crippen LogP contribution < -0.4 is 10.1 Å². The second-order valence-corrected chi connectivity index (χ2v) is 10.4. The van der Waals surface area contributed by atoms with Gasteiger partial charge in [-0.25, -0.2) is 0 Å². The molecular weight excluding hydrogens is 491 g/mol. The van der Waals surface area contributed by atoms with Gasteiger partial charge in [0.2, 0.25) is 0 Å². The van der Waals surface area contributed by atoms with Gasteiger partial charge >= 0.3 is 12.1 Å². The Bertz CT molecular complexity index is 1170. The van der Waals surface area contributed by atoms with Gasteiger partial charge in [-0.05, 0) is 65.8 Å². The van der Waals surface area contributed by atoms with E-state index in [1.165, 1.54) is 23.5 Å². The number of benzene rings is 2. The Labute approximate surface area is 211 Å². The van der Waals surface area contributed by atoms with E-state index in [1.807, 2.05) is 18.2 Å². The highest BCUT2D eigenvalue weighted by Crippen LogP contribution is 2.32. The van der Waals surface area contributed by atoms with Gasteiger partial charge in [-0.1, -0.05) is 38.1 Å². The minimum Gasteiger partial charge on any atom is -0.493 e. The smallest absolute Gasteiger partial charge is 0.416 e. The first-order valence-corrected chi connectivity index (χ1v) is 12.2. The van der Waals surface area contributed by atoms with E-state index >= 15 is 0 Å². The number of nitrogens with one attached hydrogen (secondary N) is 1. The third-order valence-corrected chi connectivity index (χ3v) is 6.73. The quantitative estimate of drug-likeness (QED) is 0.296. The molecule has 3 aromatic rings. The summed E-state index contributed by atoms with van der Waals surface area (Å²) in [5, 5.41) is 11.3. The Kier molecular flexibility index (Phi) is 8.79. The van der Waals surface area contributed by atoms with Crippen LogP contribution in [-0.2, 0) is 17.4 Å². The predicted octanol–water partition coefficient (Wildman–Crippen LogP) is 6.68. The molecule has 0 radical (unpaired) electrons. The second kappa shape index (κ2) is 11.6. The average molecular weight is 520 g/mol. The molecule has 0 aliphatic rings. The van der Waals surface area contributed by atoms with Crippen molar-refractivity contribution < 1.29 is 32.6 Å². The van der Waals surface area contributed by atoms with Gasteiger partial charge in [0.1, 0.15) is 5.75 Å². The van der Waals surface area contributed by atoms with Crippen molar-refractivity contribution in [1.82, 2.24) is 5.32 Å². The number of aliphatic carboxylic acids is 1. The van der Waals surface area contributed by atoms with Crippen LogP contribution in [0.15, 0.2) is 60.7 Å². The van der Waals surface area contributed by atoms with Crippen molar-refractivity contribution in [3.8, 4) is 16.9 Å². The minimum atomic E-state index is -4.35. The Hall–Kier alpha value is -3.33. The molecule has 0 atom stereocenters. The summed E-state index contributed by atoms with van der Waals surface area (Å²) in [5.74, 6) is -0.549. The summed E-state index contributed by atoms with van der Waals surface area (Å²) >= 11 is 1.39. The number of halogens is 3. The van der Waals surface area contributed by atoms with Crippen LogP contribution in [0, 0.1) is 5.41 Å². The van der Waals surface area contributed by atoms with E-state index in [4.69, 9.17) is 9.84 Å². The summed E-state index contributed by atoms with van der Waals surface area (Å²) in [4.78, 5) is 24.3. The van der Waals surface area contributed by atoms with Crippen molar-refractivity contribution in [3.63, 3.8) is 0 Å². The topological polar surface area (TPSA) is 75.6 Å².